The van der Waals surface area contributed by atoms with E-state index in [1.54, 1.807) is 6.92 Å². The monoisotopic (exact) mass is 156 g/mol. The topological polar surface area (TPSA) is 40.5 Å². The highest BCUT2D eigenvalue weighted by molar-refractivity contribution is 7.27. The first-order valence-electron chi connectivity index (χ1n) is 2.89. The Morgan fingerprint density at radius 2 is 1.80 bits per heavy atom. The first-order chi connectivity index (χ1) is 4.61. The molecule has 10 heavy (non-hydrogen) atoms. The van der Waals surface area contributed by atoms with E-state index in [-0.39, 0.29) is 11.5 Å². The fourth-order valence-corrected chi connectivity index (χ4v) is 0.939. The minimum Gasteiger partial charge on any atom is -0.508 e. The highest BCUT2D eigenvalue weighted by Crippen LogP contribution is 2.20. The number of phenols is 2. The normalized spacial score (nSPS) is 9.80. The van der Waals surface area contributed by atoms with Crippen molar-refractivity contribution in [2.45, 2.75) is 6.92 Å². The average Bonchev–Trinajstić information content (AvgIpc) is 1.84. The van der Waals surface area contributed by atoms with Crippen molar-refractivity contribution in [2.24, 2.45) is 0 Å². The van der Waals surface area contributed by atoms with E-state index in [1.165, 1.54) is 12.1 Å². The summed E-state index contributed by atoms with van der Waals surface area (Å²) in [6.07, 6.45) is 0. The van der Waals surface area contributed by atoms with E-state index in [1.807, 2.05) is 0 Å². The molecular weight excluding hydrogens is 147 g/mol. The van der Waals surface area contributed by atoms with E-state index < -0.39 is 0 Å². The molecule has 1 aromatic rings. The molecule has 0 radical (unpaired) electrons. The molecule has 0 spiro atoms. The Balaban J connectivity index is 3.28. The molecule has 0 amide bonds. The Labute approximate surface area is 61.7 Å². The van der Waals surface area contributed by atoms with Gasteiger partial charge in [0.25, 0.3) is 0 Å². The summed E-state index contributed by atoms with van der Waals surface area (Å²) in [4.78, 5) is 0. The van der Waals surface area contributed by atoms with E-state index in [2.05, 4.69) is 9.24 Å². The second-order valence-corrected chi connectivity index (χ2v) is 2.82. The van der Waals surface area contributed by atoms with Gasteiger partial charge in [-0.1, -0.05) is 0 Å². The first kappa shape index (κ1) is 7.36. The Kier molecular flexibility index (Phi) is 1.82. The van der Waals surface area contributed by atoms with Gasteiger partial charge in [0.05, 0.1) is 0 Å². The van der Waals surface area contributed by atoms with Crippen LogP contribution in [0.25, 0.3) is 0 Å². The summed E-state index contributed by atoms with van der Waals surface area (Å²) < 4.78 is 0. The summed E-state index contributed by atoms with van der Waals surface area (Å²) in [5, 5.41) is 18.8. The van der Waals surface area contributed by atoms with Crippen LogP contribution >= 0.6 is 9.24 Å². The van der Waals surface area contributed by atoms with E-state index in [4.69, 9.17) is 10.2 Å². The van der Waals surface area contributed by atoms with Crippen LogP contribution in [0.1, 0.15) is 5.56 Å². The van der Waals surface area contributed by atoms with Crippen LogP contribution in [0, 0.1) is 6.92 Å². The summed E-state index contributed by atoms with van der Waals surface area (Å²) in [6.45, 7) is 1.74. The van der Waals surface area contributed by atoms with Crippen molar-refractivity contribution in [3.8, 4) is 11.5 Å². The molecule has 1 rings (SSSR count). The number of rotatable bonds is 0. The molecule has 0 aliphatic rings. The van der Waals surface area contributed by atoms with Gasteiger partial charge in [0.2, 0.25) is 0 Å². The molecule has 0 fully saturated rings. The lowest BCUT2D eigenvalue weighted by Gasteiger charge is -2.01. The largest absolute Gasteiger partial charge is 0.508 e. The van der Waals surface area contributed by atoms with E-state index >= 15 is 0 Å². The molecule has 1 atom stereocenters. The SMILES string of the molecule is Cc1cc(O)c(P)cc1O. The molecule has 0 aliphatic carbocycles. The van der Waals surface area contributed by atoms with Gasteiger partial charge in [-0.3, -0.25) is 0 Å². The Morgan fingerprint density at radius 3 is 2.30 bits per heavy atom. The quantitative estimate of drug-likeness (QED) is 0.433. The molecule has 0 aliphatic heterocycles. The Bertz CT molecular complexity index is 208. The van der Waals surface area contributed by atoms with E-state index in [0.717, 1.165) is 0 Å². The zero-order valence-electron chi connectivity index (χ0n) is 5.63. The van der Waals surface area contributed by atoms with Gasteiger partial charge in [0.15, 0.2) is 0 Å². The summed E-state index contributed by atoms with van der Waals surface area (Å²) in [5.74, 6) is 0.406. The smallest absolute Gasteiger partial charge is 0.123 e. The minimum absolute atomic E-state index is 0.195. The average molecular weight is 156 g/mol. The lowest BCUT2D eigenvalue weighted by molar-refractivity contribution is 0.460. The van der Waals surface area contributed by atoms with Crippen molar-refractivity contribution in [3.05, 3.63) is 17.7 Å². The zero-order chi connectivity index (χ0) is 7.72. The maximum atomic E-state index is 9.10. The molecule has 0 bridgehead atoms. The lowest BCUT2D eigenvalue weighted by atomic mass is 10.2. The number of hydrogen-bond acceptors (Lipinski definition) is 2. The van der Waals surface area contributed by atoms with Crippen molar-refractivity contribution >= 4 is 14.5 Å². The number of aromatic hydroxyl groups is 2. The van der Waals surface area contributed by atoms with Crippen LogP contribution in [0.5, 0.6) is 11.5 Å². The summed E-state index contributed by atoms with van der Waals surface area (Å²) >= 11 is 0. The fraction of sp³-hybridized carbons (Fsp3) is 0.143. The predicted molar refractivity (Wildman–Crippen MR) is 43.9 cm³/mol. The molecule has 2 N–H and O–H groups in total. The second-order valence-electron chi connectivity index (χ2n) is 2.20. The van der Waals surface area contributed by atoms with Crippen LogP contribution in [-0.4, -0.2) is 10.2 Å². The number of benzene rings is 1. The van der Waals surface area contributed by atoms with Gasteiger partial charge in [-0.2, -0.15) is 0 Å². The Hall–Kier alpha value is -0.750. The lowest BCUT2D eigenvalue weighted by Crippen LogP contribution is -1.91. The maximum absolute atomic E-state index is 9.10. The summed E-state index contributed by atoms with van der Waals surface area (Å²) in [7, 11) is 2.33. The second kappa shape index (κ2) is 2.47. The molecular formula is C7H9O2P. The molecule has 1 unspecified atom stereocenters. The van der Waals surface area contributed by atoms with Gasteiger partial charge in [-0.05, 0) is 24.6 Å². The molecule has 3 heteroatoms. The van der Waals surface area contributed by atoms with Crippen molar-refractivity contribution in [1.82, 2.24) is 0 Å². The minimum atomic E-state index is 0.195. The van der Waals surface area contributed by atoms with Crippen LogP contribution in [0.2, 0.25) is 0 Å². The summed E-state index contributed by atoms with van der Waals surface area (Å²) in [6, 6.07) is 3.03. The van der Waals surface area contributed by atoms with Gasteiger partial charge >= 0.3 is 0 Å². The van der Waals surface area contributed by atoms with Crippen LogP contribution in [0.15, 0.2) is 12.1 Å². The van der Waals surface area contributed by atoms with Crippen molar-refractivity contribution in [3.63, 3.8) is 0 Å². The van der Waals surface area contributed by atoms with Crippen LogP contribution in [-0.2, 0) is 0 Å². The van der Waals surface area contributed by atoms with Crippen LogP contribution < -0.4 is 5.30 Å². The van der Waals surface area contributed by atoms with Crippen molar-refractivity contribution in [2.75, 3.05) is 0 Å². The molecule has 1 aromatic carbocycles. The van der Waals surface area contributed by atoms with Gasteiger partial charge in [-0.15, -0.1) is 9.24 Å². The predicted octanol–water partition coefficient (Wildman–Crippen LogP) is 0.907. The molecule has 54 valence electrons. The van der Waals surface area contributed by atoms with Crippen LogP contribution in [0.3, 0.4) is 0 Å². The van der Waals surface area contributed by atoms with Gasteiger partial charge < -0.3 is 10.2 Å². The molecule has 0 saturated heterocycles. The van der Waals surface area contributed by atoms with E-state index in [0.29, 0.717) is 10.9 Å². The van der Waals surface area contributed by atoms with Gasteiger partial charge in [0.1, 0.15) is 11.5 Å². The molecule has 0 saturated carbocycles. The third kappa shape index (κ3) is 1.22. The molecule has 0 heterocycles. The fourth-order valence-electron chi connectivity index (χ4n) is 0.697. The number of aryl methyl sites for hydroxylation is 1. The Morgan fingerprint density at radius 1 is 1.20 bits per heavy atom. The highest BCUT2D eigenvalue weighted by atomic mass is 31.0. The summed E-state index contributed by atoms with van der Waals surface area (Å²) in [5.41, 5.74) is 0.684. The third-order valence-corrected chi connectivity index (χ3v) is 1.81. The zero-order valence-corrected chi connectivity index (χ0v) is 6.78. The number of hydrogen-bond donors (Lipinski definition) is 2. The first-order valence-corrected chi connectivity index (χ1v) is 3.47. The standard InChI is InChI=1S/C7H9O2P/c1-4-2-6(9)7(10)3-5(4)8/h2-3,8-9H,10H2,1H3. The van der Waals surface area contributed by atoms with Crippen LogP contribution in [0.4, 0.5) is 0 Å². The maximum Gasteiger partial charge on any atom is 0.123 e. The number of phenolic OH excluding ortho intramolecular Hbond substituents is 2. The van der Waals surface area contributed by atoms with Gasteiger partial charge in [0, 0.05) is 5.30 Å². The van der Waals surface area contributed by atoms with Gasteiger partial charge in [-0.25, -0.2) is 0 Å². The highest BCUT2D eigenvalue weighted by Gasteiger charge is 1.99. The molecule has 2 nitrogen and oxygen atoms in total. The van der Waals surface area contributed by atoms with Crippen molar-refractivity contribution < 1.29 is 10.2 Å². The van der Waals surface area contributed by atoms with Crippen molar-refractivity contribution in [1.29, 1.82) is 0 Å². The third-order valence-electron chi connectivity index (χ3n) is 1.35. The van der Waals surface area contributed by atoms with E-state index in [9.17, 15) is 0 Å². The molecule has 0 aromatic heterocycles.